The first kappa shape index (κ1) is 15.5. The Morgan fingerprint density at radius 2 is 2.09 bits per heavy atom. The lowest BCUT2D eigenvalue weighted by Crippen LogP contribution is -2.31. The van der Waals surface area contributed by atoms with E-state index in [2.05, 4.69) is 5.32 Å². The van der Waals surface area contributed by atoms with Gasteiger partial charge >= 0.3 is 0 Å². The summed E-state index contributed by atoms with van der Waals surface area (Å²) in [5.41, 5.74) is 0.936. The second-order valence-corrected chi connectivity index (χ2v) is 5.58. The lowest BCUT2D eigenvalue weighted by atomic mass is 10.1. The van der Waals surface area contributed by atoms with Crippen LogP contribution in [0.2, 0.25) is 5.02 Å². The van der Waals surface area contributed by atoms with E-state index in [9.17, 15) is 4.79 Å². The molecule has 0 fully saturated rings. The summed E-state index contributed by atoms with van der Waals surface area (Å²) in [5.74, 6) is 1.76. The highest BCUT2D eigenvalue weighted by atomic mass is 35.5. The highest BCUT2D eigenvalue weighted by Crippen LogP contribution is 2.34. The fourth-order valence-electron chi connectivity index (χ4n) is 2.25. The number of halogens is 1. The highest BCUT2D eigenvalue weighted by Gasteiger charge is 2.17. The maximum atomic E-state index is 12.0. The molecule has 2 aromatic rings. The number of nitrogens with one attached hydrogen (secondary N) is 1. The van der Waals surface area contributed by atoms with Crippen molar-refractivity contribution >= 4 is 17.5 Å². The highest BCUT2D eigenvalue weighted by molar-refractivity contribution is 6.30. The molecule has 2 aromatic carbocycles. The first-order chi connectivity index (χ1) is 11.1. The number of hydrogen-bond donors (Lipinski definition) is 1. The Labute approximate surface area is 139 Å². The molecule has 0 bridgehead atoms. The van der Waals surface area contributed by atoms with Crippen LogP contribution in [0.4, 0.5) is 0 Å². The SMILES string of the molecule is C[C@H](NC(=O)COc1cccc(Cl)c1)c1ccc2c(c1)OCO2. The van der Waals surface area contributed by atoms with Gasteiger partial charge in [-0.15, -0.1) is 0 Å². The third kappa shape index (κ3) is 3.87. The van der Waals surface area contributed by atoms with E-state index in [1.54, 1.807) is 24.3 Å². The van der Waals surface area contributed by atoms with E-state index < -0.39 is 0 Å². The quantitative estimate of drug-likeness (QED) is 0.912. The smallest absolute Gasteiger partial charge is 0.258 e. The molecule has 3 rings (SSSR count). The van der Waals surface area contributed by atoms with Gasteiger partial charge in [-0.25, -0.2) is 0 Å². The number of carbonyl (C=O) groups excluding carboxylic acids is 1. The van der Waals surface area contributed by atoms with Crippen molar-refractivity contribution < 1.29 is 19.0 Å². The molecule has 1 amide bonds. The van der Waals surface area contributed by atoms with Gasteiger partial charge in [0.2, 0.25) is 6.79 Å². The molecule has 0 saturated carbocycles. The fourth-order valence-corrected chi connectivity index (χ4v) is 2.43. The van der Waals surface area contributed by atoms with Crippen LogP contribution in [0.15, 0.2) is 42.5 Å². The van der Waals surface area contributed by atoms with Crippen LogP contribution in [-0.4, -0.2) is 19.3 Å². The van der Waals surface area contributed by atoms with Gasteiger partial charge in [-0.3, -0.25) is 4.79 Å². The topological polar surface area (TPSA) is 56.8 Å². The van der Waals surface area contributed by atoms with Crippen molar-refractivity contribution in [1.82, 2.24) is 5.32 Å². The molecule has 5 nitrogen and oxygen atoms in total. The number of carbonyl (C=O) groups is 1. The Morgan fingerprint density at radius 3 is 2.91 bits per heavy atom. The van der Waals surface area contributed by atoms with E-state index in [4.69, 9.17) is 25.8 Å². The number of fused-ring (bicyclic) bond motifs is 1. The molecule has 0 spiro atoms. The maximum absolute atomic E-state index is 12.0. The van der Waals surface area contributed by atoms with Crippen molar-refractivity contribution in [3.8, 4) is 17.2 Å². The molecular weight excluding hydrogens is 318 g/mol. The largest absolute Gasteiger partial charge is 0.484 e. The molecule has 0 unspecified atom stereocenters. The molecule has 1 heterocycles. The van der Waals surface area contributed by atoms with Gasteiger partial charge in [0.15, 0.2) is 18.1 Å². The zero-order valence-corrected chi connectivity index (χ0v) is 13.3. The van der Waals surface area contributed by atoms with E-state index in [1.165, 1.54) is 0 Å². The van der Waals surface area contributed by atoms with Crippen LogP contribution in [0.3, 0.4) is 0 Å². The molecule has 23 heavy (non-hydrogen) atoms. The molecule has 1 atom stereocenters. The summed E-state index contributed by atoms with van der Waals surface area (Å²) < 4.78 is 16.0. The normalized spacial score (nSPS) is 13.5. The predicted octanol–water partition coefficient (Wildman–Crippen LogP) is 3.32. The Morgan fingerprint density at radius 1 is 1.26 bits per heavy atom. The van der Waals surface area contributed by atoms with Crippen molar-refractivity contribution in [2.75, 3.05) is 13.4 Å². The van der Waals surface area contributed by atoms with E-state index >= 15 is 0 Å². The van der Waals surface area contributed by atoms with E-state index in [-0.39, 0.29) is 25.3 Å². The van der Waals surface area contributed by atoms with E-state index in [1.807, 2.05) is 25.1 Å². The Bertz CT molecular complexity index is 719. The number of hydrogen-bond acceptors (Lipinski definition) is 4. The molecule has 0 aromatic heterocycles. The number of amides is 1. The van der Waals surface area contributed by atoms with Gasteiger partial charge in [0.1, 0.15) is 5.75 Å². The third-order valence-electron chi connectivity index (χ3n) is 3.44. The van der Waals surface area contributed by atoms with Crippen molar-refractivity contribution in [2.45, 2.75) is 13.0 Å². The van der Waals surface area contributed by atoms with Crippen LogP contribution in [0.1, 0.15) is 18.5 Å². The van der Waals surface area contributed by atoms with Crippen molar-refractivity contribution in [2.24, 2.45) is 0 Å². The standard InChI is InChI=1S/C17H16ClNO4/c1-11(12-5-6-15-16(7-12)23-10-22-15)19-17(20)9-21-14-4-2-3-13(18)8-14/h2-8,11H,9-10H2,1H3,(H,19,20)/t11-/m0/s1. The first-order valence-electron chi connectivity index (χ1n) is 7.19. The van der Waals surface area contributed by atoms with Crippen LogP contribution >= 0.6 is 11.6 Å². The first-order valence-corrected chi connectivity index (χ1v) is 7.57. The second-order valence-electron chi connectivity index (χ2n) is 5.15. The molecular formula is C17H16ClNO4. The lowest BCUT2D eigenvalue weighted by Gasteiger charge is -2.15. The summed E-state index contributed by atoms with van der Waals surface area (Å²) >= 11 is 5.87. The van der Waals surface area contributed by atoms with Crippen LogP contribution in [0.25, 0.3) is 0 Å². The van der Waals surface area contributed by atoms with Gasteiger partial charge in [-0.2, -0.15) is 0 Å². The van der Waals surface area contributed by atoms with Gasteiger partial charge in [-0.1, -0.05) is 23.7 Å². The predicted molar refractivity (Wildman–Crippen MR) is 86.1 cm³/mol. The number of rotatable bonds is 5. The molecule has 1 aliphatic rings. The minimum atomic E-state index is -0.213. The van der Waals surface area contributed by atoms with Gasteiger partial charge < -0.3 is 19.5 Å². The summed E-state index contributed by atoms with van der Waals surface area (Å²) in [4.78, 5) is 12.0. The van der Waals surface area contributed by atoms with Crippen molar-refractivity contribution in [3.05, 3.63) is 53.1 Å². The minimum absolute atomic E-state index is 0.0742. The number of ether oxygens (including phenoxy) is 3. The molecule has 1 N–H and O–H groups in total. The Kier molecular flexibility index (Phi) is 4.57. The summed E-state index contributed by atoms with van der Waals surface area (Å²) in [6.45, 7) is 2.05. The third-order valence-corrected chi connectivity index (χ3v) is 3.68. The summed E-state index contributed by atoms with van der Waals surface area (Å²) in [6, 6.07) is 12.4. The zero-order valence-electron chi connectivity index (χ0n) is 12.5. The van der Waals surface area contributed by atoms with Crippen LogP contribution in [-0.2, 0) is 4.79 Å². The Hall–Kier alpha value is -2.40. The van der Waals surface area contributed by atoms with Crippen molar-refractivity contribution in [3.63, 3.8) is 0 Å². The van der Waals surface area contributed by atoms with Crippen LogP contribution < -0.4 is 19.5 Å². The molecule has 0 saturated heterocycles. The summed E-state index contributed by atoms with van der Waals surface area (Å²) in [5, 5.41) is 3.45. The molecule has 1 aliphatic heterocycles. The van der Waals surface area contributed by atoms with Crippen LogP contribution in [0.5, 0.6) is 17.2 Å². The van der Waals surface area contributed by atoms with Gasteiger partial charge in [0.05, 0.1) is 6.04 Å². The van der Waals surface area contributed by atoms with Crippen molar-refractivity contribution in [1.29, 1.82) is 0 Å². The molecule has 120 valence electrons. The average molecular weight is 334 g/mol. The summed E-state index contributed by atoms with van der Waals surface area (Å²) in [6.07, 6.45) is 0. The van der Waals surface area contributed by atoms with Gasteiger partial charge in [0, 0.05) is 5.02 Å². The monoisotopic (exact) mass is 333 g/mol. The minimum Gasteiger partial charge on any atom is -0.484 e. The van der Waals surface area contributed by atoms with Gasteiger partial charge in [0.25, 0.3) is 5.91 Å². The second kappa shape index (κ2) is 6.79. The maximum Gasteiger partial charge on any atom is 0.258 e. The van der Waals surface area contributed by atoms with Crippen LogP contribution in [0, 0.1) is 0 Å². The zero-order chi connectivity index (χ0) is 16.2. The lowest BCUT2D eigenvalue weighted by molar-refractivity contribution is -0.123. The molecule has 0 radical (unpaired) electrons. The van der Waals surface area contributed by atoms with E-state index in [0.717, 1.165) is 11.3 Å². The molecule has 0 aliphatic carbocycles. The van der Waals surface area contributed by atoms with E-state index in [0.29, 0.717) is 16.5 Å². The van der Waals surface area contributed by atoms with Gasteiger partial charge in [-0.05, 0) is 42.8 Å². The fraction of sp³-hybridized carbons (Fsp3) is 0.235. The Balaban J connectivity index is 1.55. The number of benzene rings is 2. The summed E-state index contributed by atoms with van der Waals surface area (Å²) in [7, 11) is 0. The average Bonchev–Trinajstić information content (AvgIpc) is 3.00. The molecule has 6 heteroatoms.